The number of hydrogen-bond acceptors (Lipinski definition) is 4. The standard InChI is InChI=1S/C49H42FN2O2.Pt/c1-29-21-34(37-16-11-17-39-38-15-8-9-20-45(38)54-47(37)39)27-42(51-29)30-13-10-14-31(22-30)43-25-33(26-44(52-43)40-18-12-19-41(50)46(40)53)32-23-35(48(2,3)4)28-36(24-32)49(5,6)7;/h8-21,23-28,53H,1-7H3;/q-1;. The molecule has 5 aromatic carbocycles. The first-order valence-corrected chi connectivity index (χ1v) is 18.3. The van der Waals surface area contributed by atoms with Crippen molar-refractivity contribution in [3.63, 3.8) is 0 Å². The Morgan fingerprint density at radius 1 is 0.582 bits per heavy atom. The molecule has 0 aliphatic heterocycles. The molecule has 0 aliphatic rings. The van der Waals surface area contributed by atoms with Crippen LogP contribution in [0, 0.1) is 18.8 Å². The van der Waals surface area contributed by atoms with Crippen LogP contribution < -0.4 is 0 Å². The van der Waals surface area contributed by atoms with Crippen LogP contribution in [-0.2, 0) is 31.9 Å². The molecule has 55 heavy (non-hydrogen) atoms. The van der Waals surface area contributed by atoms with E-state index >= 15 is 0 Å². The summed E-state index contributed by atoms with van der Waals surface area (Å²) in [4.78, 5) is 9.97. The second kappa shape index (κ2) is 14.4. The first-order valence-electron chi connectivity index (χ1n) is 18.3. The normalized spacial score (nSPS) is 11.9. The van der Waals surface area contributed by atoms with Crippen LogP contribution in [-0.4, -0.2) is 15.1 Å². The summed E-state index contributed by atoms with van der Waals surface area (Å²) in [7, 11) is 0. The van der Waals surface area contributed by atoms with Crippen LogP contribution in [0.1, 0.15) is 58.4 Å². The molecule has 0 atom stereocenters. The van der Waals surface area contributed by atoms with Crippen LogP contribution in [0.15, 0.2) is 126 Å². The fraction of sp³-hybridized carbons (Fsp3) is 0.184. The number of aryl methyl sites for hydroxylation is 1. The van der Waals surface area contributed by atoms with Gasteiger partial charge in [-0.25, -0.2) is 4.39 Å². The molecule has 6 heteroatoms. The molecule has 3 heterocycles. The number of rotatable bonds is 5. The molecule has 0 bridgehead atoms. The van der Waals surface area contributed by atoms with Gasteiger partial charge in [0.25, 0.3) is 0 Å². The average Bonchev–Trinajstić information content (AvgIpc) is 3.54. The minimum absolute atomic E-state index is 0. The van der Waals surface area contributed by atoms with Gasteiger partial charge in [0.2, 0.25) is 0 Å². The Balaban J connectivity index is 0.00000465. The van der Waals surface area contributed by atoms with E-state index in [9.17, 15) is 9.50 Å². The van der Waals surface area contributed by atoms with Crippen LogP contribution >= 0.6 is 0 Å². The van der Waals surface area contributed by atoms with Crippen molar-refractivity contribution in [2.75, 3.05) is 0 Å². The van der Waals surface area contributed by atoms with Crippen molar-refractivity contribution >= 4 is 21.9 Å². The number of nitrogens with zero attached hydrogens (tertiary/aromatic N) is 2. The van der Waals surface area contributed by atoms with Crippen LogP contribution in [0.3, 0.4) is 0 Å². The summed E-state index contributed by atoms with van der Waals surface area (Å²) >= 11 is 0. The van der Waals surface area contributed by atoms with Gasteiger partial charge in [-0.2, -0.15) is 0 Å². The predicted octanol–water partition coefficient (Wildman–Crippen LogP) is 13.3. The molecule has 0 saturated carbocycles. The first-order chi connectivity index (χ1) is 25.7. The Hall–Kier alpha value is -5.38. The molecule has 0 saturated heterocycles. The molecule has 1 N–H and O–H groups in total. The molecular weight excluding hydrogens is 863 g/mol. The fourth-order valence-electron chi connectivity index (χ4n) is 7.06. The summed E-state index contributed by atoms with van der Waals surface area (Å²) in [5.41, 5.74) is 12.5. The number of fused-ring (bicyclic) bond motifs is 3. The maximum Gasteiger partial charge on any atom is 0.165 e. The van der Waals surface area contributed by atoms with Gasteiger partial charge < -0.3 is 9.52 Å². The molecule has 0 fully saturated rings. The Bertz CT molecular complexity index is 2700. The van der Waals surface area contributed by atoms with E-state index in [-0.39, 0.29) is 31.9 Å². The second-order valence-electron chi connectivity index (χ2n) is 16.2. The SMILES string of the molecule is Cc1cc(-c2cccc3c2oc2ccccc23)cc(-c2[c-]c(-c3cc(-c4cc(C(C)(C)C)cc(C(C)(C)C)c4)cc(-c4cccc(F)c4O)n3)ccc2)n1.[Pt]. The van der Waals surface area contributed by atoms with E-state index in [2.05, 4.69) is 108 Å². The van der Waals surface area contributed by atoms with Gasteiger partial charge in [-0.15, -0.1) is 24.3 Å². The number of halogens is 1. The third-order valence-corrected chi connectivity index (χ3v) is 10.1. The molecule has 0 aliphatic carbocycles. The maximum atomic E-state index is 14.8. The van der Waals surface area contributed by atoms with Crippen molar-refractivity contribution in [2.45, 2.75) is 59.3 Å². The van der Waals surface area contributed by atoms with Gasteiger partial charge in [0, 0.05) is 60.0 Å². The molecule has 0 radical (unpaired) electrons. The van der Waals surface area contributed by atoms with E-state index in [4.69, 9.17) is 14.4 Å². The Kier molecular flexibility index (Phi) is 9.90. The molecule has 278 valence electrons. The molecular formula is C49H42FN2O2Pt-. The summed E-state index contributed by atoms with van der Waals surface area (Å²) in [6, 6.07) is 43.4. The van der Waals surface area contributed by atoms with E-state index in [1.54, 1.807) is 12.1 Å². The van der Waals surface area contributed by atoms with Gasteiger partial charge in [-0.3, -0.25) is 9.97 Å². The van der Waals surface area contributed by atoms with Crippen molar-refractivity contribution in [1.82, 2.24) is 9.97 Å². The van der Waals surface area contributed by atoms with Gasteiger partial charge in [0.1, 0.15) is 11.2 Å². The predicted molar refractivity (Wildman–Crippen MR) is 219 cm³/mol. The van der Waals surface area contributed by atoms with Crippen molar-refractivity contribution in [2.24, 2.45) is 0 Å². The number of para-hydroxylation sites is 3. The zero-order chi connectivity index (χ0) is 37.9. The Labute approximate surface area is 336 Å². The van der Waals surface area contributed by atoms with Crippen molar-refractivity contribution in [3.05, 3.63) is 150 Å². The fourth-order valence-corrected chi connectivity index (χ4v) is 7.06. The summed E-state index contributed by atoms with van der Waals surface area (Å²) in [5, 5.41) is 13.0. The van der Waals surface area contributed by atoms with E-state index in [1.807, 2.05) is 49.4 Å². The number of hydrogen-bond donors (Lipinski definition) is 1. The average molecular weight is 905 g/mol. The molecule has 0 unspecified atom stereocenters. The largest absolute Gasteiger partial charge is 0.504 e. The van der Waals surface area contributed by atoms with Gasteiger partial charge >= 0.3 is 0 Å². The zero-order valence-corrected chi connectivity index (χ0v) is 34.3. The first kappa shape index (κ1) is 37.9. The third kappa shape index (κ3) is 7.38. The van der Waals surface area contributed by atoms with Crippen molar-refractivity contribution < 1.29 is 35.0 Å². The monoisotopic (exact) mass is 904 g/mol. The number of phenolic OH excluding ortho intramolecular Hbond substituents is 1. The number of aromatic nitrogens is 2. The van der Waals surface area contributed by atoms with Gasteiger partial charge in [-0.1, -0.05) is 125 Å². The number of aromatic hydroxyl groups is 1. The van der Waals surface area contributed by atoms with Crippen LogP contribution in [0.25, 0.3) is 78.0 Å². The minimum atomic E-state index is -0.695. The van der Waals surface area contributed by atoms with E-state index in [1.165, 1.54) is 17.2 Å². The quantitative estimate of drug-likeness (QED) is 0.175. The number of benzene rings is 5. The third-order valence-electron chi connectivity index (χ3n) is 10.1. The van der Waals surface area contributed by atoms with E-state index < -0.39 is 11.6 Å². The summed E-state index contributed by atoms with van der Waals surface area (Å²) in [6.07, 6.45) is 0. The molecule has 8 rings (SSSR count). The Morgan fingerprint density at radius 2 is 1.15 bits per heavy atom. The minimum Gasteiger partial charge on any atom is -0.504 e. The topological polar surface area (TPSA) is 59.2 Å². The molecule has 4 nitrogen and oxygen atoms in total. The summed E-state index contributed by atoms with van der Waals surface area (Å²) in [5.74, 6) is -1.13. The summed E-state index contributed by atoms with van der Waals surface area (Å²) in [6.45, 7) is 15.3. The molecule has 0 spiro atoms. The van der Waals surface area contributed by atoms with Crippen LogP contribution in [0.5, 0.6) is 5.75 Å². The van der Waals surface area contributed by atoms with E-state index in [0.717, 1.165) is 66.7 Å². The molecule has 8 aromatic rings. The smallest absolute Gasteiger partial charge is 0.165 e. The summed E-state index contributed by atoms with van der Waals surface area (Å²) < 4.78 is 21.1. The van der Waals surface area contributed by atoms with Crippen LogP contribution in [0.4, 0.5) is 4.39 Å². The number of pyridine rings is 2. The van der Waals surface area contributed by atoms with Gasteiger partial charge in [0.05, 0.1) is 5.69 Å². The molecule has 0 amide bonds. The van der Waals surface area contributed by atoms with Crippen molar-refractivity contribution in [1.29, 1.82) is 0 Å². The van der Waals surface area contributed by atoms with E-state index in [0.29, 0.717) is 17.0 Å². The Morgan fingerprint density at radius 3 is 1.85 bits per heavy atom. The second-order valence-corrected chi connectivity index (χ2v) is 16.2. The maximum absolute atomic E-state index is 14.8. The van der Waals surface area contributed by atoms with Crippen molar-refractivity contribution in [3.8, 4) is 61.8 Å². The van der Waals surface area contributed by atoms with Gasteiger partial charge in [-0.05, 0) is 75.9 Å². The number of phenols is 1. The van der Waals surface area contributed by atoms with Gasteiger partial charge in [0.15, 0.2) is 11.6 Å². The number of furan rings is 1. The molecule has 3 aromatic heterocycles. The zero-order valence-electron chi connectivity index (χ0n) is 32.0. The van der Waals surface area contributed by atoms with Crippen LogP contribution in [0.2, 0.25) is 0 Å².